The molecule has 0 fully saturated rings. The van der Waals surface area contributed by atoms with Gasteiger partial charge in [0.25, 0.3) is 0 Å². The first-order valence-corrected chi connectivity index (χ1v) is 7.79. The highest BCUT2D eigenvalue weighted by Crippen LogP contribution is 2.26. The minimum Gasteiger partial charge on any atom is -0.292 e. The van der Waals surface area contributed by atoms with Crippen LogP contribution < -0.4 is 0 Å². The first-order chi connectivity index (χ1) is 9.97. The molecule has 2 aromatic carbocycles. The lowest BCUT2D eigenvalue weighted by molar-refractivity contribution is 0.0981. The summed E-state index contributed by atoms with van der Waals surface area (Å²) in [6.07, 6.45) is 0. The number of nitrogens with zero attached hydrogens (tertiary/aromatic N) is 1. The van der Waals surface area contributed by atoms with Crippen molar-refractivity contribution < 1.29 is 0 Å². The van der Waals surface area contributed by atoms with E-state index in [1.807, 2.05) is 0 Å². The second-order valence-electron chi connectivity index (χ2n) is 6.92. The molecule has 0 aliphatic heterocycles. The fraction of sp³-hybridized carbons (Fsp3) is 0.400. The molecule has 1 atom stereocenters. The van der Waals surface area contributed by atoms with Crippen LogP contribution in [0, 0.1) is 5.41 Å². The maximum Gasteiger partial charge on any atom is 0.0240 e. The van der Waals surface area contributed by atoms with Crippen LogP contribution >= 0.6 is 0 Å². The predicted octanol–water partition coefficient (Wildman–Crippen LogP) is 5.12. The van der Waals surface area contributed by atoms with Crippen molar-refractivity contribution in [3.05, 3.63) is 71.8 Å². The molecule has 0 N–H and O–H groups in total. The lowest BCUT2D eigenvalue weighted by atomic mass is 9.86. The molecule has 0 spiro atoms. The second kappa shape index (κ2) is 6.91. The van der Waals surface area contributed by atoms with E-state index in [0.717, 1.165) is 13.1 Å². The molecule has 0 heterocycles. The Bertz CT molecular complexity index is 483. The summed E-state index contributed by atoms with van der Waals surface area (Å²) in [5.41, 5.74) is 3.03. The van der Waals surface area contributed by atoms with E-state index in [0.29, 0.717) is 6.04 Å². The van der Waals surface area contributed by atoms with Crippen LogP contribution in [0.5, 0.6) is 0 Å². The van der Waals surface area contributed by atoms with Crippen molar-refractivity contribution in [3.8, 4) is 0 Å². The summed E-state index contributed by atoms with van der Waals surface area (Å²) in [5.74, 6) is 0. The normalized spacial score (nSPS) is 13.4. The summed E-state index contributed by atoms with van der Waals surface area (Å²) in [4.78, 5) is 2.57. The monoisotopic (exact) mass is 281 g/mol. The first-order valence-electron chi connectivity index (χ1n) is 7.79. The lowest BCUT2D eigenvalue weighted by Crippen LogP contribution is -2.41. The van der Waals surface area contributed by atoms with Crippen molar-refractivity contribution in [3.63, 3.8) is 0 Å². The minimum absolute atomic E-state index is 0.267. The highest BCUT2D eigenvalue weighted by Gasteiger charge is 2.26. The SMILES string of the molecule is C[C@@H](N(Cc1ccccc1)Cc1ccccc1)C(C)(C)C. The molecule has 2 rings (SSSR count). The van der Waals surface area contributed by atoms with Gasteiger partial charge < -0.3 is 0 Å². The third-order valence-corrected chi connectivity index (χ3v) is 4.26. The van der Waals surface area contributed by atoms with Gasteiger partial charge >= 0.3 is 0 Å². The molecule has 0 radical (unpaired) electrons. The summed E-state index contributed by atoms with van der Waals surface area (Å²) in [7, 11) is 0. The molecule has 0 aliphatic carbocycles. The zero-order chi connectivity index (χ0) is 15.3. The molecule has 1 nitrogen and oxygen atoms in total. The van der Waals surface area contributed by atoms with Gasteiger partial charge in [0.2, 0.25) is 0 Å². The Balaban J connectivity index is 2.18. The number of rotatable bonds is 5. The van der Waals surface area contributed by atoms with Crippen molar-refractivity contribution in [1.82, 2.24) is 4.90 Å². The topological polar surface area (TPSA) is 3.24 Å². The van der Waals surface area contributed by atoms with Gasteiger partial charge in [0.15, 0.2) is 0 Å². The predicted molar refractivity (Wildman–Crippen MR) is 91.0 cm³/mol. The molecule has 0 aromatic heterocycles. The van der Waals surface area contributed by atoms with Gasteiger partial charge in [-0.1, -0.05) is 81.4 Å². The van der Waals surface area contributed by atoms with Crippen LogP contribution in [0.4, 0.5) is 0 Å². The molecule has 2 aromatic rings. The van der Waals surface area contributed by atoms with Crippen molar-refractivity contribution >= 4 is 0 Å². The van der Waals surface area contributed by atoms with Crippen molar-refractivity contribution in [2.45, 2.75) is 46.8 Å². The fourth-order valence-electron chi connectivity index (χ4n) is 2.51. The average Bonchev–Trinajstić information content (AvgIpc) is 2.47. The lowest BCUT2D eigenvalue weighted by Gasteiger charge is -2.38. The van der Waals surface area contributed by atoms with Crippen molar-refractivity contribution in [2.75, 3.05) is 0 Å². The van der Waals surface area contributed by atoms with E-state index >= 15 is 0 Å². The zero-order valence-electron chi connectivity index (χ0n) is 13.7. The molecule has 1 heteroatoms. The largest absolute Gasteiger partial charge is 0.292 e. The first kappa shape index (κ1) is 15.8. The van der Waals surface area contributed by atoms with Gasteiger partial charge in [0.1, 0.15) is 0 Å². The van der Waals surface area contributed by atoms with E-state index < -0.39 is 0 Å². The smallest absolute Gasteiger partial charge is 0.0240 e. The van der Waals surface area contributed by atoms with Crippen molar-refractivity contribution in [1.29, 1.82) is 0 Å². The van der Waals surface area contributed by atoms with Crippen LogP contribution in [0.3, 0.4) is 0 Å². The van der Waals surface area contributed by atoms with E-state index in [1.165, 1.54) is 11.1 Å². The van der Waals surface area contributed by atoms with E-state index in [2.05, 4.69) is 93.3 Å². The Labute approximate surface area is 129 Å². The molecule has 0 amide bonds. The van der Waals surface area contributed by atoms with Crippen LogP contribution in [-0.4, -0.2) is 10.9 Å². The number of benzene rings is 2. The van der Waals surface area contributed by atoms with Crippen LogP contribution in [-0.2, 0) is 13.1 Å². The molecule has 21 heavy (non-hydrogen) atoms. The Morgan fingerprint density at radius 2 is 1.14 bits per heavy atom. The van der Waals surface area contributed by atoms with Gasteiger partial charge in [-0.25, -0.2) is 0 Å². The molecule has 0 bridgehead atoms. The maximum atomic E-state index is 2.57. The molecule has 0 aliphatic rings. The van der Waals surface area contributed by atoms with E-state index in [4.69, 9.17) is 0 Å². The number of hydrogen-bond donors (Lipinski definition) is 0. The molecule has 112 valence electrons. The zero-order valence-corrected chi connectivity index (χ0v) is 13.7. The van der Waals surface area contributed by atoms with Crippen LogP contribution in [0.25, 0.3) is 0 Å². The summed E-state index contributed by atoms with van der Waals surface area (Å²) in [6, 6.07) is 22.0. The Kier molecular flexibility index (Phi) is 5.19. The molecular formula is C20H27N. The summed E-state index contributed by atoms with van der Waals surface area (Å²) >= 11 is 0. The Hall–Kier alpha value is -1.60. The summed E-state index contributed by atoms with van der Waals surface area (Å²) < 4.78 is 0. The standard InChI is InChI=1S/C20H27N/c1-17(20(2,3)4)21(15-18-11-7-5-8-12-18)16-19-13-9-6-10-14-19/h5-14,17H,15-16H2,1-4H3/t17-/m1/s1. The summed E-state index contributed by atoms with van der Waals surface area (Å²) in [6.45, 7) is 11.3. The average molecular weight is 281 g/mol. The third kappa shape index (κ3) is 4.71. The van der Waals surface area contributed by atoms with Crippen LogP contribution in [0.15, 0.2) is 60.7 Å². The van der Waals surface area contributed by atoms with Gasteiger partial charge in [-0.2, -0.15) is 0 Å². The van der Waals surface area contributed by atoms with Crippen molar-refractivity contribution in [2.24, 2.45) is 5.41 Å². The Morgan fingerprint density at radius 3 is 1.48 bits per heavy atom. The highest BCUT2D eigenvalue weighted by molar-refractivity contribution is 5.17. The van der Waals surface area contributed by atoms with Gasteiger partial charge in [-0.05, 0) is 23.5 Å². The van der Waals surface area contributed by atoms with Crippen LogP contribution in [0.2, 0.25) is 0 Å². The van der Waals surface area contributed by atoms with Gasteiger partial charge in [0, 0.05) is 19.1 Å². The summed E-state index contributed by atoms with van der Waals surface area (Å²) in [5, 5.41) is 0. The fourth-order valence-corrected chi connectivity index (χ4v) is 2.51. The molecule has 0 unspecified atom stereocenters. The minimum atomic E-state index is 0.267. The second-order valence-corrected chi connectivity index (χ2v) is 6.92. The number of hydrogen-bond acceptors (Lipinski definition) is 1. The Morgan fingerprint density at radius 1 is 0.762 bits per heavy atom. The van der Waals surface area contributed by atoms with E-state index in [-0.39, 0.29) is 5.41 Å². The van der Waals surface area contributed by atoms with Gasteiger partial charge in [-0.15, -0.1) is 0 Å². The van der Waals surface area contributed by atoms with Crippen LogP contribution in [0.1, 0.15) is 38.8 Å². The molecule has 0 saturated heterocycles. The molecule has 0 saturated carbocycles. The van der Waals surface area contributed by atoms with E-state index in [9.17, 15) is 0 Å². The third-order valence-electron chi connectivity index (χ3n) is 4.26. The quantitative estimate of drug-likeness (QED) is 0.735. The van der Waals surface area contributed by atoms with Gasteiger partial charge in [0.05, 0.1) is 0 Å². The maximum absolute atomic E-state index is 2.57. The van der Waals surface area contributed by atoms with E-state index in [1.54, 1.807) is 0 Å². The highest BCUT2D eigenvalue weighted by atomic mass is 15.2. The molecular weight excluding hydrogens is 254 g/mol. The van der Waals surface area contributed by atoms with Gasteiger partial charge in [-0.3, -0.25) is 4.90 Å².